The van der Waals surface area contributed by atoms with E-state index in [2.05, 4.69) is 4.89 Å². The van der Waals surface area contributed by atoms with E-state index < -0.39 is 24.6 Å². The van der Waals surface area contributed by atoms with Crippen molar-refractivity contribution in [3.05, 3.63) is 23.8 Å². The van der Waals surface area contributed by atoms with Gasteiger partial charge < -0.3 is 14.9 Å². The molecular weight excluding hydrogens is 216 g/mol. The summed E-state index contributed by atoms with van der Waals surface area (Å²) in [5.41, 5.74) is -1.42. The zero-order valence-electron chi connectivity index (χ0n) is 7.19. The van der Waals surface area contributed by atoms with E-state index in [1.54, 1.807) is 0 Å². The van der Waals surface area contributed by atoms with Crippen LogP contribution in [0.3, 0.4) is 0 Å². The molecule has 1 aromatic rings. The van der Waals surface area contributed by atoms with Crippen molar-refractivity contribution in [2.45, 2.75) is 6.18 Å². The Balaban J connectivity index is 3.19. The van der Waals surface area contributed by atoms with Crippen LogP contribution in [0.1, 0.15) is 5.56 Å². The molecule has 15 heavy (non-hydrogen) atoms. The van der Waals surface area contributed by atoms with Crippen LogP contribution in [-0.2, 0) is 6.18 Å². The first-order valence-electron chi connectivity index (χ1n) is 3.75. The third-order valence-corrected chi connectivity index (χ3v) is 1.72. The summed E-state index contributed by atoms with van der Waals surface area (Å²) in [6.07, 6.45) is -4.59. The van der Waals surface area contributed by atoms with E-state index in [1.165, 1.54) is 0 Å². The SMILES string of the molecule is OOc1cc(C(F)(F)F)ccc1B(O)O. The van der Waals surface area contributed by atoms with Gasteiger partial charge in [-0.1, -0.05) is 12.1 Å². The van der Waals surface area contributed by atoms with Crippen LogP contribution < -0.4 is 10.4 Å². The minimum absolute atomic E-state index is 0.356. The highest BCUT2D eigenvalue weighted by molar-refractivity contribution is 6.59. The van der Waals surface area contributed by atoms with Crippen molar-refractivity contribution in [1.29, 1.82) is 0 Å². The molecule has 0 spiro atoms. The lowest BCUT2D eigenvalue weighted by Gasteiger charge is -2.10. The van der Waals surface area contributed by atoms with Crippen molar-refractivity contribution in [3.63, 3.8) is 0 Å². The van der Waals surface area contributed by atoms with Crippen molar-refractivity contribution in [2.24, 2.45) is 0 Å². The van der Waals surface area contributed by atoms with Gasteiger partial charge in [-0.25, -0.2) is 5.26 Å². The van der Waals surface area contributed by atoms with E-state index in [4.69, 9.17) is 15.3 Å². The highest BCUT2D eigenvalue weighted by Gasteiger charge is 2.32. The molecule has 0 bridgehead atoms. The van der Waals surface area contributed by atoms with Crippen molar-refractivity contribution < 1.29 is 33.4 Å². The van der Waals surface area contributed by atoms with Crippen molar-refractivity contribution in [3.8, 4) is 5.75 Å². The summed E-state index contributed by atoms with van der Waals surface area (Å²) < 4.78 is 36.5. The molecule has 1 rings (SSSR count). The second-order valence-electron chi connectivity index (χ2n) is 2.72. The zero-order valence-corrected chi connectivity index (χ0v) is 7.19. The molecule has 1 aromatic carbocycles. The smallest absolute Gasteiger partial charge is 0.423 e. The Hall–Kier alpha value is -1.25. The number of benzene rings is 1. The van der Waals surface area contributed by atoms with Gasteiger partial charge in [0.1, 0.15) is 0 Å². The van der Waals surface area contributed by atoms with Crippen LogP contribution in [0.5, 0.6) is 5.75 Å². The molecule has 0 fully saturated rings. The molecule has 3 N–H and O–H groups in total. The van der Waals surface area contributed by atoms with Gasteiger partial charge in [-0.2, -0.15) is 13.2 Å². The van der Waals surface area contributed by atoms with Crippen molar-refractivity contribution >= 4 is 12.6 Å². The number of halogens is 3. The molecule has 8 heteroatoms. The van der Waals surface area contributed by atoms with Gasteiger partial charge in [0.05, 0.1) is 5.56 Å². The second-order valence-corrected chi connectivity index (χ2v) is 2.72. The van der Waals surface area contributed by atoms with Crippen LogP contribution in [0.15, 0.2) is 18.2 Å². The van der Waals surface area contributed by atoms with Gasteiger partial charge in [0.2, 0.25) is 0 Å². The van der Waals surface area contributed by atoms with Crippen molar-refractivity contribution in [1.82, 2.24) is 0 Å². The van der Waals surface area contributed by atoms with E-state index in [0.29, 0.717) is 12.1 Å². The van der Waals surface area contributed by atoms with Crippen LogP contribution in [0.2, 0.25) is 0 Å². The van der Waals surface area contributed by atoms with Crippen LogP contribution in [-0.4, -0.2) is 22.4 Å². The standard InChI is InChI=1S/C7H6BF3O4/c9-7(10,11)4-1-2-5(8(12)13)6(3-4)15-14/h1-3,12-14H. The van der Waals surface area contributed by atoms with E-state index >= 15 is 0 Å². The average Bonchev–Trinajstić information content (AvgIpc) is 2.15. The van der Waals surface area contributed by atoms with Gasteiger partial charge in [0.15, 0.2) is 5.75 Å². The van der Waals surface area contributed by atoms with Crippen LogP contribution in [0.25, 0.3) is 0 Å². The summed E-state index contributed by atoms with van der Waals surface area (Å²) in [4.78, 5) is 3.62. The fraction of sp³-hybridized carbons (Fsp3) is 0.143. The van der Waals surface area contributed by atoms with Gasteiger partial charge in [0.25, 0.3) is 0 Å². The van der Waals surface area contributed by atoms with E-state index in [9.17, 15) is 13.2 Å². The highest BCUT2D eigenvalue weighted by Crippen LogP contribution is 2.30. The second kappa shape index (κ2) is 4.09. The Kier molecular flexibility index (Phi) is 3.23. The molecule has 0 saturated heterocycles. The molecule has 0 aliphatic carbocycles. The fourth-order valence-corrected chi connectivity index (χ4v) is 1.00. The molecule has 0 atom stereocenters. The minimum Gasteiger partial charge on any atom is -0.423 e. The first kappa shape index (κ1) is 11.8. The van der Waals surface area contributed by atoms with E-state index in [-0.39, 0.29) is 5.46 Å². The number of hydrogen-bond acceptors (Lipinski definition) is 4. The maximum Gasteiger partial charge on any atom is 0.492 e. The van der Waals surface area contributed by atoms with Crippen LogP contribution in [0, 0.1) is 0 Å². The van der Waals surface area contributed by atoms with E-state index in [1.807, 2.05) is 0 Å². The number of hydrogen-bond donors (Lipinski definition) is 3. The summed E-state index contributed by atoms with van der Waals surface area (Å²) in [6, 6.07) is 1.92. The topological polar surface area (TPSA) is 69.9 Å². The van der Waals surface area contributed by atoms with Gasteiger partial charge in [0, 0.05) is 5.46 Å². The van der Waals surface area contributed by atoms with Gasteiger partial charge in [-0.3, -0.25) is 0 Å². The molecule has 0 radical (unpaired) electrons. The third kappa shape index (κ3) is 2.61. The third-order valence-electron chi connectivity index (χ3n) is 1.72. The molecule has 0 unspecified atom stereocenters. The summed E-state index contributed by atoms with van der Waals surface area (Å²) in [5.74, 6) is -0.653. The Morgan fingerprint density at radius 2 is 1.80 bits per heavy atom. The Bertz CT molecular complexity index is 353. The number of alkyl halides is 3. The quantitative estimate of drug-likeness (QED) is 0.380. The lowest BCUT2D eigenvalue weighted by Crippen LogP contribution is -2.31. The Labute approximate surface area is 82.6 Å². The maximum atomic E-state index is 12.2. The monoisotopic (exact) mass is 222 g/mol. The molecule has 82 valence electrons. The molecule has 0 aliphatic heterocycles. The fourth-order valence-electron chi connectivity index (χ4n) is 1.00. The molecule has 0 aliphatic rings. The van der Waals surface area contributed by atoms with Crippen molar-refractivity contribution in [2.75, 3.05) is 0 Å². The predicted octanol–water partition coefficient (Wildman–Crippen LogP) is 0.237. The highest BCUT2D eigenvalue weighted by atomic mass is 19.4. The lowest BCUT2D eigenvalue weighted by atomic mass is 9.79. The summed E-state index contributed by atoms with van der Waals surface area (Å²) in [5, 5.41) is 25.7. The first-order chi connectivity index (χ1) is 6.86. The summed E-state index contributed by atoms with van der Waals surface area (Å²) in [7, 11) is -2.02. The largest absolute Gasteiger partial charge is 0.492 e. The zero-order chi connectivity index (χ0) is 11.6. The first-order valence-corrected chi connectivity index (χ1v) is 3.75. The molecular formula is C7H6BF3O4. The normalized spacial score (nSPS) is 11.3. The van der Waals surface area contributed by atoms with Crippen LogP contribution in [0.4, 0.5) is 13.2 Å². The van der Waals surface area contributed by atoms with Crippen LogP contribution >= 0.6 is 0 Å². The van der Waals surface area contributed by atoms with Gasteiger partial charge in [-0.05, 0) is 6.07 Å². The summed E-state index contributed by atoms with van der Waals surface area (Å²) >= 11 is 0. The predicted molar refractivity (Wildman–Crippen MR) is 44.5 cm³/mol. The molecule has 0 aromatic heterocycles. The number of rotatable bonds is 2. The van der Waals surface area contributed by atoms with Gasteiger partial charge >= 0.3 is 13.3 Å². The Morgan fingerprint density at radius 3 is 2.20 bits per heavy atom. The average molecular weight is 222 g/mol. The molecule has 0 heterocycles. The molecule has 0 amide bonds. The molecule has 4 nitrogen and oxygen atoms in total. The minimum atomic E-state index is -4.59. The lowest BCUT2D eigenvalue weighted by molar-refractivity contribution is -0.143. The molecule has 0 saturated carbocycles. The van der Waals surface area contributed by atoms with E-state index in [0.717, 1.165) is 6.07 Å². The Morgan fingerprint density at radius 1 is 1.20 bits per heavy atom. The summed E-state index contributed by atoms with van der Waals surface area (Å²) in [6.45, 7) is 0. The van der Waals surface area contributed by atoms with Gasteiger partial charge in [-0.15, -0.1) is 0 Å². The maximum absolute atomic E-state index is 12.2.